The number of nitrogens with one attached hydrogen (secondary N) is 2. The quantitative estimate of drug-likeness (QED) is 0.386. The van der Waals surface area contributed by atoms with E-state index < -0.39 is 11.7 Å². The van der Waals surface area contributed by atoms with E-state index in [9.17, 15) is 14.0 Å². The molecule has 32 heavy (non-hydrogen) atoms. The van der Waals surface area contributed by atoms with Crippen LogP contribution in [0.2, 0.25) is 0 Å². The van der Waals surface area contributed by atoms with Crippen molar-refractivity contribution in [2.75, 3.05) is 16.4 Å². The fourth-order valence-corrected chi connectivity index (χ4v) is 4.31. The SMILES string of the molecule is Cn1c(SCC(=O)Nc2ccc(NC(=O)c3cccc(F)c3)cc2)nnc1-c1cccs1. The van der Waals surface area contributed by atoms with Crippen molar-refractivity contribution in [3.8, 4) is 10.7 Å². The lowest BCUT2D eigenvalue weighted by atomic mass is 10.2. The summed E-state index contributed by atoms with van der Waals surface area (Å²) in [6.07, 6.45) is 0. The Morgan fingerprint density at radius 2 is 1.78 bits per heavy atom. The van der Waals surface area contributed by atoms with Crippen molar-refractivity contribution >= 4 is 46.3 Å². The van der Waals surface area contributed by atoms with Crippen LogP contribution in [-0.2, 0) is 11.8 Å². The normalized spacial score (nSPS) is 10.7. The van der Waals surface area contributed by atoms with Crippen molar-refractivity contribution in [1.29, 1.82) is 0 Å². The number of halogens is 1. The molecule has 0 atom stereocenters. The largest absolute Gasteiger partial charge is 0.325 e. The van der Waals surface area contributed by atoms with Gasteiger partial charge >= 0.3 is 0 Å². The van der Waals surface area contributed by atoms with Crippen molar-refractivity contribution < 1.29 is 14.0 Å². The first-order valence-corrected chi connectivity index (χ1v) is 11.4. The van der Waals surface area contributed by atoms with Gasteiger partial charge < -0.3 is 15.2 Å². The number of hydrogen-bond acceptors (Lipinski definition) is 6. The van der Waals surface area contributed by atoms with E-state index in [-0.39, 0.29) is 17.2 Å². The number of rotatable bonds is 7. The molecule has 0 bridgehead atoms. The number of benzene rings is 2. The summed E-state index contributed by atoms with van der Waals surface area (Å²) in [5, 5.41) is 16.5. The molecule has 0 saturated carbocycles. The second kappa shape index (κ2) is 9.75. The summed E-state index contributed by atoms with van der Waals surface area (Å²) in [5.74, 6) is -0.138. The average molecular weight is 468 g/mol. The van der Waals surface area contributed by atoms with E-state index in [2.05, 4.69) is 20.8 Å². The maximum atomic E-state index is 13.3. The standard InChI is InChI=1S/C22H18FN5O2S2/c1-28-20(18-6-3-11-31-18)26-27-22(28)32-13-19(29)24-16-7-9-17(10-8-16)25-21(30)14-4-2-5-15(23)12-14/h2-12H,13H2,1H3,(H,24,29)(H,25,30). The summed E-state index contributed by atoms with van der Waals surface area (Å²) >= 11 is 2.88. The summed E-state index contributed by atoms with van der Waals surface area (Å²) in [4.78, 5) is 25.5. The number of hydrogen-bond donors (Lipinski definition) is 2. The van der Waals surface area contributed by atoms with E-state index in [1.807, 2.05) is 29.1 Å². The second-order valence-electron chi connectivity index (χ2n) is 6.72. The monoisotopic (exact) mass is 467 g/mol. The van der Waals surface area contributed by atoms with Gasteiger partial charge in [0.05, 0.1) is 10.6 Å². The fraction of sp³-hybridized carbons (Fsp3) is 0.0909. The van der Waals surface area contributed by atoms with Crippen LogP contribution >= 0.6 is 23.1 Å². The zero-order valence-electron chi connectivity index (χ0n) is 16.9. The Hall–Kier alpha value is -3.50. The van der Waals surface area contributed by atoms with Crippen LogP contribution < -0.4 is 10.6 Å². The highest BCUT2D eigenvalue weighted by molar-refractivity contribution is 7.99. The molecule has 0 saturated heterocycles. The van der Waals surface area contributed by atoms with Gasteiger partial charge in [-0.2, -0.15) is 0 Å². The third kappa shape index (κ3) is 5.21. The van der Waals surface area contributed by atoms with Gasteiger partial charge in [0.1, 0.15) is 5.82 Å². The van der Waals surface area contributed by atoms with E-state index in [0.29, 0.717) is 16.5 Å². The maximum Gasteiger partial charge on any atom is 0.255 e. The molecule has 0 unspecified atom stereocenters. The van der Waals surface area contributed by atoms with Crippen LogP contribution in [0.1, 0.15) is 10.4 Å². The lowest BCUT2D eigenvalue weighted by molar-refractivity contribution is -0.113. The summed E-state index contributed by atoms with van der Waals surface area (Å²) in [6.45, 7) is 0. The summed E-state index contributed by atoms with van der Waals surface area (Å²) in [7, 11) is 1.87. The van der Waals surface area contributed by atoms with Gasteiger partial charge in [0, 0.05) is 24.0 Å². The molecule has 10 heteroatoms. The Bertz CT molecular complexity index is 1240. The molecule has 0 aliphatic carbocycles. The van der Waals surface area contributed by atoms with Crippen LogP contribution in [0.5, 0.6) is 0 Å². The highest BCUT2D eigenvalue weighted by Crippen LogP contribution is 2.26. The molecule has 0 spiro atoms. The third-order valence-corrected chi connectivity index (χ3v) is 6.31. The maximum absolute atomic E-state index is 13.3. The molecule has 0 fully saturated rings. The number of anilines is 2. The minimum absolute atomic E-state index is 0.175. The first-order valence-electron chi connectivity index (χ1n) is 9.52. The molecule has 2 aromatic heterocycles. The Morgan fingerprint density at radius 3 is 2.47 bits per heavy atom. The van der Waals surface area contributed by atoms with Crippen LogP contribution in [0.4, 0.5) is 15.8 Å². The van der Waals surface area contributed by atoms with Crippen molar-refractivity contribution in [1.82, 2.24) is 14.8 Å². The number of nitrogens with zero attached hydrogens (tertiary/aromatic N) is 3. The van der Waals surface area contributed by atoms with E-state index in [1.165, 1.54) is 36.0 Å². The number of aromatic nitrogens is 3. The Balaban J connectivity index is 1.30. The summed E-state index contributed by atoms with van der Waals surface area (Å²) < 4.78 is 15.1. The Labute approximate surface area is 191 Å². The Kier molecular flexibility index (Phi) is 6.62. The minimum Gasteiger partial charge on any atom is -0.325 e. The highest BCUT2D eigenvalue weighted by atomic mass is 32.2. The predicted octanol–water partition coefficient (Wildman–Crippen LogP) is 4.67. The second-order valence-corrected chi connectivity index (χ2v) is 8.61. The van der Waals surface area contributed by atoms with E-state index in [0.717, 1.165) is 10.7 Å². The van der Waals surface area contributed by atoms with Crippen LogP contribution in [0.15, 0.2) is 71.2 Å². The van der Waals surface area contributed by atoms with Gasteiger partial charge in [0.15, 0.2) is 11.0 Å². The molecule has 0 aliphatic rings. The number of thiophene rings is 1. The van der Waals surface area contributed by atoms with Gasteiger partial charge in [0.2, 0.25) is 5.91 Å². The van der Waals surface area contributed by atoms with Gasteiger partial charge in [-0.25, -0.2) is 4.39 Å². The first kappa shape index (κ1) is 21.7. The number of carbonyl (C=O) groups excluding carboxylic acids is 2. The summed E-state index contributed by atoms with van der Waals surface area (Å²) in [5.41, 5.74) is 1.36. The summed E-state index contributed by atoms with van der Waals surface area (Å²) in [6, 6.07) is 16.1. The molecule has 2 aromatic carbocycles. The van der Waals surface area contributed by atoms with Gasteiger partial charge in [-0.1, -0.05) is 23.9 Å². The molecule has 2 heterocycles. The molecule has 4 rings (SSSR count). The van der Waals surface area contributed by atoms with Crippen LogP contribution in [-0.4, -0.2) is 32.3 Å². The molecule has 7 nitrogen and oxygen atoms in total. The fourth-order valence-electron chi connectivity index (χ4n) is 2.86. The molecular weight excluding hydrogens is 449 g/mol. The average Bonchev–Trinajstić information content (AvgIpc) is 3.43. The third-order valence-electron chi connectivity index (χ3n) is 4.42. The zero-order valence-corrected chi connectivity index (χ0v) is 18.5. The van der Waals surface area contributed by atoms with Crippen LogP contribution in [0.3, 0.4) is 0 Å². The Morgan fingerprint density at radius 1 is 1.03 bits per heavy atom. The van der Waals surface area contributed by atoms with Crippen molar-refractivity contribution in [3.05, 3.63) is 77.4 Å². The first-order chi connectivity index (χ1) is 15.5. The van der Waals surface area contributed by atoms with Gasteiger partial charge in [-0.05, 0) is 53.9 Å². The van der Waals surface area contributed by atoms with Crippen LogP contribution in [0, 0.1) is 5.82 Å². The number of carbonyl (C=O) groups is 2. The van der Waals surface area contributed by atoms with E-state index in [4.69, 9.17) is 0 Å². The van der Waals surface area contributed by atoms with E-state index in [1.54, 1.807) is 35.6 Å². The van der Waals surface area contributed by atoms with Crippen LogP contribution in [0.25, 0.3) is 10.7 Å². The minimum atomic E-state index is -0.474. The van der Waals surface area contributed by atoms with Gasteiger partial charge in [-0.15, -0.1) is 21.5 Å². The molecule has 0 aliphatic heterocycles. The molecule has 162 valence electrons. The predicted molar refractivity (Wildman–Crippen MR) is 124 cm³/mol. The smallest absolute Gasteiger partial charge is 0.255 e. The van der Waals surface area contributed by atoms with Gasteiger partial charge in [-0.3, -0.25) is 9.59 Å². The molecule has 0 radical (unpaired) electrons. The number of amides is 2. The molecular formula is C22H18FN5O2S2. The zero-order chi connectivity index (χ0) is 22.5. The van der Waals surface area contributed by atoms with Gasteiger partial charge in [0.25, 0.3) is 5.91 Å². The molecule has 2 N–H and O–H groups in total. The number of thioether (sulfide) groups is 1. The highest BCUT2D eigenvalue weighted by Gasteiger charge is 2.14. The molecule has 2 amide bonds. The van der Waals surface area contributed by atoms with Crippen molar-refractivity contribution in [2.45, 2.75) is 5.16 Å². The van der Waals surface area contributed by atoms with Crippen molar-refractivity contribution in [3.63, 3.8) is 0 Å². The molecule has 4 aromatic rings. The lowest BCUT2D eigenvalue weighted by Gasteiger charge is -2.08. The lowest BCUT2D eigenvalue weighted by Crippen LogP contribution is -2.15. The topological polar surface area (TPSA) is 88.9 Å². The van der Waals surface area contributed by atoms with E-state index >= 15 is 0 Å². The van der Waals surface area contributed by atoms with Crippen molar-refractivity contribution in [2.24, 2.45) is 7.05 Å².